The SMILES string of the molecule is CC(C)Oc1c2c(c(OC(C)C)c3ccccc13)C(=O)N(c1ccc(CC(=O)O)cc1)C2=O. The largest absolute Gasteiger partial charge is 0.489 e. The molecule has 0 unspecified atom stereocenters. The Kier molecular flexibility index (Phi) is 5.80. The van der Waals surface area contributed by atoms with Gasteiger partial charge < -0.3 is 14.6 Å². The van der Waals surface area contributed by atoms with E-state index in [0.717, 1.165) is 4.90 Å². The first-order chi connectivity index (χ1) is 15.7. The van der Waals surface area contributed by atoms with Crippen molar-refractivity contribution in [3.05, 3.63) is 65.2 Å². The number of nitrogens with zero attached hydrogens (tertiary/aromatic N) is 1. The number of carbonyl (C=O) groups excluding carboxylic acids is 2. The van der Waals surface area contributed by atoms with E-state index < -0.39 is 17.8 Å². The van der Waals surface area contributed by atoms with Crippen molar-refractivity contribution in [3.63, 3.8) is 0 Å². The Bertz CT molecular complexity index is 1190. The number of aliphatic carboxylic acids is 1. The number of carboxylic acids is 1. The van der Waals surface area contributed by atoms with Gasteiger partial charge in [-0.1, -0.05) is 36.4 Å². The Morgan fingerprint density at radius 1 is 0.818 bits per heavy atom. The summed E-state index contributed by atoms with van der Waals surface area (Å²) in [6.45, 7) is 7.44. The van der Waals surface area contributed by atoms with Crippen LogP contribution in [0.5, 0.6) is 11.5 Å². The number of ether oxygens (including phenoxy) is 2. The zero-order valence-corrected chi connectivity index (χ0v) is 18.9. The molecule has 33 heavy (non-hydrogen) atoms. The van der Waals surface area contributed by atoms with Crippen LogP contribution in [0.3, 0.4) is 0 Å². The predicted octanol–water partition coefficient (Wildman–Crippen LogP) is 4.84. The first kappa shape index (κ1) is 22.3. The molecule has 0 saturated heterocycles. The molecule has 0 aromatic heterocycles. The average Bonchev–Trinajstić information content (AvgIpc) is 3.00. The number of hydrogen-bond donors (Lipinski definition) is 1. The maximum atomic E-state index is 13.6. The summed E-state index contributed by atoms with van der Waals surface area (Å²) in [5, 5.41) is 10.4. The molecule has 2 amide bonds. The zero-order valence-electron chi connectivity index (χ0n) is 18.9. The van der Waals surface area contributed by atoms with E-state index in [2.05, 4.69) is 0 Å². The van der Waals surface area contributed by atoms with Gasteiger partial charge in [-0.05, 0) is 45.4 Å². The van der Waals surface area contributed by atoms with Crippen molar-refractivity contribution in [1.82, 2.24) is 0 Å². The highest BCUT2D eigenvalue weighted by Crippen LogP contribution is 2.46. The summed E-state index contributed by atoms with van der Waals surface area (Å²) in [5.74, 6) is -1.25. The third-order valence-electron chi connectivity index (χ3n) is 5.21. The second-order valence-corrected chi connectivity index (χ2v) is 8.47. The first-order valence-corrected chi connectivity index (χ1v) is 10.8. The second kappa shape index (κ2) is 8.58. The number of benzene rings is 3. The smallest absolute Gasteiger partial charge is 0.307 e. The molecule has 0 fully saturated rings. The van der Waals surface area contributed by atoms with E-state index in [9.17, 15) is 14.4 Å². The summed E-state index contributed by atoms with van der Waals surface area (Å²) < 4.78 is 12.2. The third kappa shape index (κ3) is 4.02. The molecule has 0 bridgehead atoms. The average molecular weight is 447 g/mol. The van der Waals surface area contributed by atoms with Gasteiger partial charge in [0.1, 0.15) is 11.5 Å². The summed E-state index contributed by atoms with van der Waals surface area (Å²) in [6.07, 6.45) is -0.588. The highest BCUT2D eigenvalue weighted by Gasteiger charge is 2.43. The number of rotatable bonds is 7. The lowest BCUT2D eigenvalue weighted by Crippen LogP contribution is -2.29. The monoisotopic (exact) mass is 447 g/mol. The third-order valence-corrected chi connectivity index (χ3v) is 5.21. The number of anilines is 1. The molecule has 170 valence electrons. The van der Waals surface area contributed by atoms with Gasteiger partial charge in [-0.3, -0.25) is 14.4 Å². The van der Waals surface area contributed by atoms with Crippen LogP contribution in [0.4, 0.5) is 5.69 Å². The quantitative estimate of drug-likeness (QED) is 0.521. The predicted molar refractivity (Wildman–Crippen MR) is 124 cm³/mol. The fourth-order valence-corrected chi connectivity index (χ4v) is 3.99. The van der Waals surface area contributed by atoms with Crippen molar-refractivity contribution in [3.8, 4) is 11.5 Å². The van der Waals surface area contributed by atoms with E-state index in [1.807, 2.05) is 52.0 Å². The molecule has 3 aromatic carbocycles. The maximum absolute atomic E-state index is 13.6. The van der Waals surface area contributed by atoms with Crippen LogP contribution >= 0.6 is 0 Å². The molecule has 3 aromatic rings. The summed E-state index contributed by atoms with van der Waals surface area (Å²) in [7, 11) is 0. The van der Waals surface area contributed by atoms with Gasteiger partial charge >= 0.3 is 5.97 Å². The molecule has 0 aliphatic carbocycles. The number of hydrogen-bond acceptors (Lipinski definition) is 5. The van der Waals surface area contributed by atoms with E-state index in [0.29, 0.717) is 33.5 Å². The molecule has 0 atom stereocenters. The van der Waals surface area contributed by atoms with Crippen LogP contribution < -0.4 is 14.4 Å². The fourth-order valence-electron chi connectivity index (χ4n) is 3.99. The molecule has 0 radical (unpaired) electrons. The Balaban J connectivity index is 1.93. The highest BCUT2D eigenvalue weighted by molar-refractivity contribution is 6.38. The van der Waals surface area contributed by atoms with Gasteiger partial charge in [0.25, 0.3) is 11.8 Å². The van der Waals surface area contributed by atoms with E-state index in [4.69, 9.17) is 14.6 Å². The van der Waals surface area contributed by atoms with Crippen LogP contribution in [0.15, 0.2) is 48.5 Å². The van der Waals surface area contributed by atoms with Gasteiger partial charge in [-0.25, -0.2) is 4.90 Å². The molecule has 1 heterocycles. The van der Waals surface area contributed by atoms with Crippen molar-refractivity contribution in [2.45, 2.75) is 46.3 Å². The molecule has 7 heteroatoms. The van der Waals surface area contributed by atoms with Gasteiger partial charge in [0.2, 0.25) is 0 Å². The lowest BCUT2D eigenvalue weighted by atomic mass is 9.98. The van der Waals surface area contributed by atoms with Crippen LogP contribution in [0.1, 0.15) is 54.0 Å². The summed E-state index contributed by atoms with van der Waals surface area (Å²) in [5.41, 5.74) is 1.28. The molecular weight excluding hydrogens is 422 g/mol. The molecule has 1 N–H and O–H groups in total. The highest BCUT2D eigenvalue weighted by atomic mass is 16.5. The van der Waals surface area contributed by atoms with Crippen molar-refractivity contribution >= 4 is 34.2 Å². The molecule has 1 aliphatic heterocycles. The standard InChI is InChI=1S/C26H25NO6/c1-14(2)32-23-18-7-5-6-8-19(18)24(33-15(3)4)22-21(23)25(30)27(26(22)31)17-11-9-16(10-12-17)13-20(28)29/h5-12,14-15H,13H2,1-4H3,(H,28,29). The van der Waals surface area contributed by atoms with Gasteiger partial charge in [0, 0.05) is 10.8 Å². The molecular formula is C26H25NO6. The molecule has 0 saturated carbocycles. The minimum atomic E-state index is -0.957. The normalized spacial score (nSPS) is 13.2. The van der Waals surface area contributed by atoms with Crippen molar-refractivity contribution in [1.29, 1.82) is 0 Å². The van der Waals surface area contributed by atoms with Crippen molar-refractivity contribution in [2.24, 2.45) is 0 Å². The number of carbonyl (C=O) groups is 3. The van der Waals surface area contributed by atoms with E-state index >= 15 is 0 Å². The van der Waals surface area contributed by atoms with Gasteiger partial charge in [0.05, 0.1) is 35.4 Å². The molecule has 7 nitrogen and oxygen atoms in total. The number of amides is 2. The Hall–Kier alpha value is -3.87. The Morgan fingerprint density at radius 2 is 1.27 bits per heavy atom. The van der Waals surface area contributed by atoms with Crippen LogP contribution in [-0.4, -0.2) is 35.1 Å². The van der Waals surface area contributed by atoms with Gasteiger partial charge in [-0.15, -0.1) is 0 Å². The lowest BCUT2D eigenvalue weighted by molar-refractivity contribution is -0.136. The summed E-state index contributed by atoms with van der Waals surface area (Å²) in [6, 6.07) is 13.7. The van der Waals surface area contributed by atoms with E-state index in [-0.39, 0.29) is 29.8 Å². The maximum Gasteiger partial charge on any atom is 0.307 e. The van der Waals surface area contributed by atoms with Crippen molar-refractivity contribution in [2.75, 3.05) is 4.90 Å². The van der Waals surface area contributed by atoms with Crippen LogP contribution in [0, 0.1) is 0 Å². The first-order valence-electron chi connectivity index (χ1n) is 10.8. The van der Waals surface area contributed by atoms with Crippen LogP contribution in [0.25, 0.3) is 10.8 Å². The second-order valence-electron chi connectivity index (χ2n) is 8.47. The van der Waals surface area contributed by atoms with E-state index in [1.165, 1.54) is 0 Å². The fraction of sp³-hybridized carbons (Fsp3) is 0.269. The van der Waals surface area contributed by atoms with Crippen molar-refractivity contribution < 1.29 is 29.0 Å². The van der Waals surface area contributed by atoms with Gasteiger partial charge in [-0.2, -0.15) is 0 Å². The Labute approximate surface area is 191 Å². The number of imide groups is 1. The minimum Gasteiger partial charge on any atom is -0.489 e. The number of carboxylic acid groups (broad SMARTS) is 1. The number of fused-ring (bicyclic) bond motifs is 2. The van der Waals surface area contributed by atoms with Gasteiger partial charge in [0.15, 0.2) is 0 Å². The summed E-state index contributed by atoms with van der Waals surface area (Å²) in [4.78, 5) is 39.3. The minimum absolute atomic E-state index is 0.146. The van der Waals surface area contributed by atoms with Crippen LogP contribution in [0.2, 0.25) is 0 Å². The summed E-state index contributed by atoms with van der Waals surface area (Å²) >= 11 is 0. The molecule has 1 aliphatic rings. The lowest BCUT2D eigenvalue weighted by Gasteiger charge is -2.20. The zero-order chi connectivity index (χ0) is 23.9. The molecule has 0 spiro atoms. The van der Waals surface area contributed by atoms with Crippen LogP contribution in [-0.2, 0) is 11.2 Å². The topological polar surface area (TPSA) is 93.1 Å². The van der Waals surface area contributed by atoms with E-state index in [1.54, 1.807) is 24.3 Å². The Morgan fingerprint density at radius 3 is 1.67 bits per heavy atom. The molecule has 4 rings (SSSR count).